The van der Waals surface area contributed by atoms with Crippen molar-refractivity contribution in [3.8, 4) is 0 Å². The first-order valence-electron chi connectivity index (χ1n) is 8.20. The Morgan fingerprint density at radius 2 is 2.14 bits per heavy atom. The van der Waals surface area contributed by atoms with E-state index < -0.39 is 0 Å². The van der Waals surface area contributed by atoms with Gasteiger partial charge in [0.25, 0.3) is 0 Å². The Kier molecular flexibility index (Phi) is 5.59. The van der Waals surface area contributed by atoms with Gasteiger partial charge in [-0.2, -0.15) is 0 Å². The third-order valence-corrected chi connectivity index (χ3v) is 4.67. The summed E-state index contributed by atoms with van der Waals surface area (Å²) in [4.78, 5) is 4.27. The van der Waals surface area contributed by atoms with Gasteiger partial charge >= 0.3 is 0 Å². The van der Waals surface area contributed by atoms with Crippen LogP contribution in [0.25, 0.3) is 0 Å². The van der Waals surface area contributed by atoms with Gasteiger partial charge in [0.15, 0.2) is 0 Å². The number of nitrogens with one attached hydrogen (secondary N) is 1. The molecule has 2 rings (SSSR count). The lowest BCUT2D eigenvalue weighted by atomic mass is 9.73. The van der Waals surface area contributed by atoms with Crippen LogP contribution in [-0.4, -0.2) is 23.7 Å². The maximum absolute atomic E-state index is 6.30. The first kappa shape index (κ1) is 16.2. The number of aromatic nitrogens is 1. The number of ether oxygens (including phenoxy) is 1. The maximum atomic E-state index is 6.30. The monoisotopic (exact) mass is 291 g/mol. The number of pyridine rings is 1. The zero-order chi connectivity index (χ0) is 15.3. The Bertz CT molecular complexity index is 441. The first-order chi connectivity index (χ1) is 10.1. The van der Waals surface area contributed by atoms with Gasteiger partial charge in [-0.05, 0) is 51.1 Å². The molecule has 1 aromatic heterocycles. The van der Waals surface area contributed by atoms with Gasteiger partial charge in [0.05, 0.1) is 11.6 Å². The second kappa shape index (κ2) is 7.23. The molecule has 1 aliphatic rings. The van der Waals surface area contributed by atoms with Crippen LogP contribution in [0.1, 0.15) is 58.1 Å². The van der Waals surface area contributed by atoms with E-state index in [-0.39, 0.29) is 11.6 Å². The van der Waals surface area contributed by atoms with Gasteiger partial charge in [-0.15, -0.1) is 0 Å². The van der Waals surface area contributed by atoms with E-state index in [0.29, 0.717) is 5.82 Å². The second-order valence-electron chi connectivity index (χ2n) is 6.15. The van der Waals surface area contributed by atoms with Gasteiger partial charge in [0.2, 0.25) is 0 Å². The Hall–Kier alpha value is -1.13. The summed E-state index contributed by atoms with van der Waals surface area (Å²) in [5, 5.41) is 3.60. The lowest BCUT2D eigenvalue weighted by Gasteiger charge is -2.45. The molecule has 1 atom stereocenters. The van der Waals surface area contributed by atoms with Crippen LogP contribution in [0.15, 0.2) is 18.3 Å². The molecule has 1 unspecified atom stereocenters. The summed E-state index contributed by atoms with van der Waals surface area (Å²) in [7, 11) is 0. The van der Waals surface area contributed by atoms with Crippen LogP contribution in [0, 0.1) is 5.92 Å². The van der Waals surface area contributed by atoms with E-state index >= 15 is 0 Å². The Morgan fingerprint density at radius 3 is 2.71 bits per heavy atom. The van der Waals surface area contributed by atoms with E-state index in [1.54, 1.807) is 6.20 Å². The average Bonchev–Trinajstić information content (AvgIpc) is 2.49. The first-order valence-corrected chi connectivity index (χ1v) is 8.20. The lowest BCUT2D eigenvalue weighted by Crippen LogP contribution is -2.48. The lowest BCUT2D eigenvalue weighted by molar-refractivity contribution is -0.0972. The van der Waals surface area contributed by atoms with Crippen molar-refractivity contribution in [3.05, 3.63) is 23.9 Å². The molecule has 0 aromatic carbocycles. The fourth-order valence-corrected chi connectivity index (χ4v) is 3.51. The predicted molar refractivity (Wildman–Crippen MR) is 87.1 cm³/mol. The van der Waals surface area contributed by atoms with Gasteiger partial charge in [0, 0.05) is 18.4 Å². The van der Waals surface area contributed by atoms with Crippen molar-refractivity contribution in [1.29, 1.82) is 0 Å². The summed E-state index contributed by atoms with van der Waals surface area (Å²) in [6.45, 7) is 8.16. The molecule has 0 saturated heterocycles. The molecule has 0 aliphatic heterocycles. The van der Waals surface area contributed by atoms with Crippen molar-refractivity contribution in [1.82, 2.24) is 10.3 Å². The van der Waals surface area contributed by atoms with Crippen molar-refractivity contribution in [2.24, 2.45) is 5.92 Å². The molecule has 1 aromatic rings. The molecule has 0 amide bonds. The van der Waals surface area contributed by atoms with E-state index in [0.717, 1.165) is 37.5 Å². The van der Waals surface area contributed by atoms with Crippen molar-refractivity contribution >= 4 is 5.82 Å². The third kappa shape index (κ3) is 3.55. The van der Waals surface area contributed by atoms with E-state index in [1.165, 1.54) is 12.8 Å². The zero-order valence-electron chi connectivity index (χ0n) is 13.6. The molecule has 0 radical (unpaired) electrons. The minimum Gasteiger partial charge on any atom is -0.383 e. The van der Waals surface area contributed by atoms with Crippen LogP contribution >= 0.6 is 0 Å². The highest BCUT2D eigenvalue weighted by Crippen LogP contribution is 2.44. The molecule has 4 heteroatoms. The maximum Gasteiger partial charge on any atom is 0.128 e. The number of hydrogen-bond donors (Lipinski definition) is 2. The van der Waals surface area contributed by atoms with Crippen LogP contribution in [0.3, 0.4) is 0 Å². The summed E-state index contributed by atoms with van der Waals surface area (Å²) >= 11 is 0. The molecule has 4 nitrogen and oxygen atoms in total. The number of nitrogen functional groups attached to an aromatic ring is 1. The number of anilines is 1. The molecule has 118 valence electrons. The van der Waals surface area contributed by atoms with Crippen molar-refractivity contribution < 1.29 is 4.74 Å². The number of hydrogen-bond acceptors (Lipinski definition) is 4. The zero-order valence-corrected chi connectivity index (χ0v) is 13.6. The van der Waals surface area contributed by atoms with E-state index in [9.17, 15) is 0 Å². The molecule has 3 N–H and O–H groups in total. The summed E-state index contributed by atoms with van der Waals surface area (Å²) < 4.78 is 6.30. The van der Waals surface area contributed by atoms with Gasteiger partial charge in [-0.3, -0.25) is 0 Å². The normalized spacial score (nSPS) is 27.5. The Labute approximate surface area is 128 Å². The fourth-order valence-electron chi connectivity index (χ4n) is 3.51. The summed E-state index contributed by atoms with van der Waals surface area (Å²) in [6.07, 6.45) is 6.32. The average molecular weight is 291 g/mol. The highest BCUT2D eigenvalue weighted by atomic mass is 16.5. The minimum atomic E-state index is -0.158. The SMILES string of the molecule is CCNC(c1cccnc1N)C1(OCC)CCC(C)CC1. The third-order valence-electron chi connectivity index (χ3n) is 4.67. The van der Waals surface area contributed by atoms with Crippen LogP contribution < -0.4 is 11.1 Å². The van der Waals surface area contributed by atoms with Crippen molar-refractivity contribution in [3.63, 3.8) is 0 Å². The summed E-state index contributed by atoms with van der Waals surface area (Å²) in [5.74, 6) is 1.40. The molecule has 0 spiro atoms. The quantitative estimate of drug-likeness (QED) is 0.844. The number of nitrogens with zero attached hydrogens (tertiary/aromatic N) is 1. The van der Waals surface area contributed by atoms with Crippen molar-refractivity contribution in [2.75, 3.05) is 18.9 Å². The molecule has 21 heavy (non-hydrogen) atoms. The fraction of sp³-hybridized carbons (Fsp3) is 0.706. The van der Waals surface area contributed by atoms with Gasteiger partial charge in [-0.25, -0.2) is 4.98 Å². The Balaban J connectivity index is 2.35. The minimum absolute atomic E-state index is 0.114. The number of likely N-dealkylation sites (N-methyl/N-ethyl adjacent to an activating group) is 1. The summed E-state index contributed by atoms with van der Waals surface area (Å²) in [6, 6.07) is 4.15. The number of nitrogens with two attached hydrogens (primary N) is 1. The van der Waals surface area contributed by atoms with Gasteiger partial charge < -0.3 is 15.8 Å². The predicted octanol–water partition coefficient (Wildman–Crippen LogP) is 3.30. The van der Waals surface area contributed by atoms with E-state index in [1.807, 2.05) is 6.07 Å². The standard InChI is InChI=1S/C17H29N3O/c1-4-19-15(14-7-6-12-20-16(14)18)17(21-5-2)10-8-13(3)9-11-17/h6-7,12-13,15,19H,4-5,8-11H2,1-3H3,(H2,18,20). The molecule has 1 aliphatic carbocycles. The van der Waals surface area contributed by atoms with Gasteiger partial charge in [-0.1, -0.05) is 19.9 Å². The molecule has 1 heterocycles. The van der Waals surface area contributed by atoms with E-state index in [2.05, 4.69) is 37.1 Å². The van der Waals surface area contributed by atoms with Crippen LogP contribution in [0.4, 0.5) is 5.82 Å². The largest absolute Gasteiger partial charge is 0.383 e. The molecular formula is C17H29N3O. The molecule has 0 bridgehead atoms. The topological polar surface area (TPSA) is 60.2 Å². The number of rotatable bonds is 6. The second-order valence-corrected chi connectivity index (χ2v) is 6.15. The Morgan fingerprint density at radius 1 is 1.43 bits per heavy atom. The summed E-state index contributed by atoms with van der Waals surface area (Å²) in [5.41, 5.74) is 7.05. The highest BCUT2D eigenvalue weighted by molar-refractivity contribution is 5.42. The highest BCUT2D eigenvalue weighted by Gasteiger charge is 2.43. The van der Waals surface area contributed by atoms with Crippen molar-refractivity contribution in [2.45, 2.75) is 58.1 Å². The smallest absolute Gasteiger partial charge is 0.128 e. The van der Waals surface area contributed by atoms with Crippen LogP contribution in [0.2, 0.25) is 0 Å². The molecular weight excluding hydrogens is 262 g/mol. The van der Waals surface area contributed by atoms with E-state index in [4.69, 9.17) is 10.5 Å². The van der Waals surface area contributed by atoms with Crippen LogP contribution in [-0.2, 0) is 4.74 Å². The van der Waals surface area contributed by atoms with Crippen LogP contribution in [0.5, 0.6) is 0 Å². The molecule has 1 fully saturated rings. The van der Waals surface area contributed by atoms with Gasteiger partial charge in [0.1, 0.15) is 5.82 Å². The molecule has 1 saturated carbocycles.